The van der Waals surface area contributed by atoms with Crippen molar-refractivity contribution in [1.29, 1.82) is 0 Å². The van der Waals surface area contributed by atoms with E-state index in [9.17, 15) is 4.79 Å². The van der Waals surface area contributed by atoms with Crippen molar-refractivity contribution in [3.05, 3.63) is 11.6 Å². The van der Waals surface area contributed by atoms with Crippen LogP contribution in [0.5, 0.6) is 0 Å². The number of rotatable bonds is 3. The van der Waals surface area contributed by atoms with Gasteiger partial charge in [0, 0.05) is 45.6 Å². The van der Waals surface area contributed by atoms with E-state index in [1.807, 2.05) is 4.90 Å². The normalized spacial score (nSPS) is 19.2. The molecule has 0 aromatic carbocycles. The number of amides is 2. The Morgan fingerprint density at radius 3 is 3.00 bits per heavy atom. The van der Waals surface area contributed by atoms with Gasteiger partial charge < -0.3 is 19.5 Å². The Morgan fingerprint density at radius 1 is 1.09 bits per heavy atom. The molecule has 0 bridgehead atoms. The fourth-order valence-electron chi connectivity index (χ4n) is 3.07. The summed E-state index contributed by atoms with van der Waals surface area (Å²) in [4.78, 5) is 14.0. The van der Waals surface area contributed by atoms with Crippen LogP contribution in [-0.4, -0.2) is 58.5 Å². The molecule has 22 heavy (non-hydrogen) atoms. The molecule has 2 aliphatic rings. The predicted octanol–water partition coefficient (Wildman–Crippen LogP) is 0.979. The summed E-state index contributed by atoms with van der Waals surface area (Å²) >= 11 is 0. The van der Waals surface area contributed by atoms with Gasteiger partial charge in [-0.2, -0.15) is 0 Å². The molecule has 2 aliphatic heterocycles. The lowest BCUT2D eigenvalue weighted by Crippen LogP contribution is -2.42. The van der Waals surface area contributed by atoms with E-state index in [1.165, 1.54) is 19.3 Å². The number of nitrogens with one attached hydrogen (secondary N) is 1. The third kappa shape index (κ3) is 3.76. The van der Waals surface area contributed by atoms with Crippen LogP contribution in [-0.2, 0) is 24.1 Å². The number of ether oxygens (including phenoxy) is 1. The van der Waals surface area contributed by atoms with Crippen LogP contribution in [0.25, 0.3) is 0 Å². The highest BCUT2D eigenvalue weighted by Crippen LogP contribution is 2.14. The van der Waals surface area contributed by atoms with E-state index >= 15 is 0 Å². The van der Waals surface area contributed by atoms with Gasteiger partial charge in [-0.25, -0.2) is 4.79 Å². The number of hydrogen-bond donors (Lipinski definition) is 1. The molecule has 0 unspecified atom stereocenters. The second-order valence-corrected chi connectivity index (χ2v) is 5.93. The molecule has 3 heterocycles. The number of fused-ring (bicyclic) bond motifs is 1. The van der Waals surface area contributed by atoms with Gasteiger partial charge in [-0.3, -0.25) is 0 Å². The third-order valence-electron chi connectivity index (χ3n) is 4.32. The van der Waals surface area contributed by atoms with E-state index < -0.39 is 0 Å². The van der Waals surface area contributed by atoms with Crippen molar-refractivity contribution >= 4 is 6.03 Å². The summed E-state index contributed by atoms with van der Waals surface area (Å²) in [5.74, 6) is 2.10. The van der Waals surface area contributed by atoms with Gasteiger partial charge in [-0.1, -0.05) is 6.42 Å². The third-order valence-corrected chi connectivity index (χ3v) is 4.32. The molecule has 1 N–H and O–H groups in total. The standard InChI is InChI=1S/C15H25N5O2/c21-15(19-8-4-11-22-12-10-19)16-7-6-14-18-17-13-5-2-1-3-9-20(13)14/h1-12H2,(H,16,21). The molecule has 0 atom stereocenters. The van der Waals surface area contributed by atoms with Gasteiger partial charge in [-0.15, -0.1) is 10.2 Å². The molecule has 1 saturated heterocycles. The molecular weight excluding hydrogens is 282 g/mol. The Bertz CT molecular complexity index is 494. The summed E-state index contributed by atoms with van der Waals surface area (Å²) in [7, 11) is 0. The lowest BCUT2D eigenvalue weighted by molar-refractivity contribution is 0.142. The zero-order chi connectivity index (χ0) is 15.2. The van der Waals surface area contributed by atoms with E-state index in [-0.39, 0.29) is 6.03 Å². The summed E-state index contributed by atoms with van der Waals surface area (Å²) in [5, 5.41) is 11.6. The topological polar surface area (TPSA) is 72.3 Å². The Kier molecular flexibility index (Phi) is 5.26. The Hall–Kier alpha value is -1.63. The van der Waals surface area contributed by atoms with Crippen molar-refractivity contribution in [3.8, 4) is 0 Å². The van der Waals surface area contributed by atoms with Crippen LogP contribution in [0.2, 0.25) is 0 Å². The number of hydrogen-bond acceptors (Lipinski definition) is 4. The van der Waals surface area contributed by atoms with Crippen LogP contribution in [0.1, 0.15) is 37.3 Å². The first kappa shape index (κ1) is 15.3. The lowest BCUT2D eigenvalue weighted by atomic mass is 10.2. The summed E-state index contributed by atoms with van der Waals surface area (Å²) in [6.07, 6.45) is 6.32. The molecule has 122 valence electrons. The van der Waals surface area contributed by atoms with Crippen molar-refractivity contribution in [2.75, 3.05) is 32.8 Å². The Labute approximate surface area is 131 Å². The summed E-state index contributed by atoms with van der Waals surface area (Å²) in [5.41, 5.74) is 0. The summed E-state index contributed by atoms with van der Waals surface area (Å²) in [6, 6.07) is 0.00102. The molecule has 1 aromatic rings. The van der Waals surface area contributed by atoms with Crippen LogP contribution >= 0.6 is 0 Å². The number of carbonyl (C=O) groups is 1. The van der Waals surface area contributed by atoms with Crippen LogP contribution in [0.4, 0.5) is 4.79 Å². The van der Waals surface area contributed by atoms with E-state index in [2.05, 4.69) is 20.1 Å². The smallest absolute Gasteiger partial charge is 0.317 e. The van der Waals surface area contributed by atoms with E-state index in [1.54, 1.807) is 0 Å². The minimum absolute atomic E-state index is 0.00102. The van der Waals surface area contributed by atoms with E-state index in [4.69, 9.17) is 4.74 Å². The summed E-state index contributed by atoms with van der Waals surface area (Å²) < 4.78 is 7.60. The van der Waals surface area contributed by atoms with Crippen molar-refractivity contribution in [2.45, 2.75) is 45.1 Å². The van der Waals surface area contributed by atoms with Gasteiger partial charge in [0.15, 0.2) is 0 Å². The number of aromatic nitrogens is 3. The van der Waals surface area contributed by atoms with Gasteiger partial charge in [0.25, 0.3) is 0 Å². The fraction of sp³-hybridized carbons (Fsp3) is 0.800. The van der Waals surface area contributed by atoms with Crippen LogP contribution in [0.3, 0.4) is 0 Å². The average Bonchev–Trinajstić information content (AvgIpc) is 2.77. The molecule has 0 radical (unpaired) electrons. The fourth-order valence-corrected chi connectivity index (χ4v) is 3.07. The maximum absolute atomic E-state index is 12.1. The molecule has 0 aliphatic carbocycles. The number of nitrogens with zero attached hydrogens (tertiary/aromatic N) is 4. The summed E-state index contributed by atoms with van der Waals surface area (Å²) in [6.45, 7) is 4.43. The molecule has 7 heteroatoms. The molecule has 1 fully saturated rings. The molecule has 2 amide bonds. The molecule has 1 aromatic heterocycles. The van der Waals surface area contributed by atoms with Crippen molar-refractivity contribution in [3.63, 3.8) is 0 Å². The minimum Gasteiger partial charge on any atom is -0.380 e. The number of carbonyl (C=O) groups excluding carboxylic acids is 1. The average molecular weight is 307 g/mol. The quantitative estimate of drug-likeness (QED) is 0.903. The first-order valence-corrected chi connectivity index (χ1v) is 8.36. The van der Waals surface area contributed by atoms with Crippen molar-refractivity contribution < 1.29 is 9.53 Å². The zero-order valence-corrected chi connectivity index (χ0v) is 13.1. The first-order chi connectivity index (χ1) is 10.8. The first-order valence-electron chi connectivity index (χ1n) is 8.36. The largest absolute Gasteiger partial charge is 0.380 e. The van der Waals surface area contributed by atoms with Gasteiger partial charge >= 0.3 is 6.03 Å². The van der Waals surface area contributed by atoms with Crippen molar-refractivity contribution in [2.24, 2.45) is 0 Å². The number of urea groups is 1. The molecular formula is C15H25N5O2. The maximum atomic E-state index is 12.1. The Balaban J connectivity index is 1.48. The molecule has 0 spiro atoms. The van der Waals surface area contributed by atoms with Crippen molar-refractivity contribution in [1.82, 2.24) is 25.0 Å². The second kappa shape index (κ2) is 7.58. The maximum Gasteiger partial charge on any atom is 0.317 e. The van der Waals surface area contributed by atoms with Crippen LogP contribution < -0.4 is 5.32 Å². The van der Waals surface area contributed by atoms with E-state index in [0.717, 1.165) is 50.6 Å². The monoisotopic (exact) mass is 307 g/mol. The molecule has 3 rings (SSSR count). The van der Waals surface area contributed by atoms with Crippen LogP contribution in [0, 0.1) is 0 Å². The zero-order valence-electron chi connectivity index (χ0n) is 13.1. The van der Waals surface area contributed by atoms with Crippen LogP contribution in [0.15, 0.2) is 0 Å². The van der Waals surface area contributed by atoms with Gasteiger partial charge in [-0.05, 0) is 19.3 Å². The van der Waals surface area contributed by atoms with Gasteiger partial charge in [0.05, 0.1) is 6.61 Å². The highest BCUT2D eigenvalue weighted by molar-refractivity contribution is 5.74. The Morgan fingerprint density at radius 2 is 2.05 bits per heavy atom. The van der Waals surface area contributed by atoms with Gasteiger partial charge in [0.1, 0.15) is 11.6 Å². The lowest BCUT2D eigenvalue weighted by Gasteiger charge is -2.20. The number of aryl methyl sites for hydroxylation is 1. The van der Waals surface area contributed by atoms with E-state index in [0.29, 0.717) is 19.7 Å². The highest BCUT2D eigenvalue weighted by atomic mass is 16.5. The minimum atomic E-state index is 0.00102. The predicted molar refractivity (Wildman–Crippen MR) is 81.7 cm³/mol. The highest BCUT2D eigenvalue weighted by Gasteiger charge is 2.17. The SMILES string of the molecule is O=C(NCCc1nnc2n1CCCCC2)N1CCCOCC1. The molecule has 0 saturated carbocycles. The second-order valence-electron chi connectivity index (χ2n) is 5.93. The van der Waals surface area contributed by atoms with Gasteiger partial charge in [0.2, 0.25) is 0 Å². The molecule has 7 nitrogen and oxygen atoms in total.